The van der Waals surface area contributed by atoms with Crippen LogP contribution < -0.4 is 0 Å². The summed E-state index contributed by atoms with van der Waals surface area (Å²) in [6.07, 6.45) is 1.30. The molecule has 0 unspecified atom stereocenters. The van der Waals surface area contributed by atoms with Crippen molar-refractivity contribution in [2.45, 2.75) is 0 Å². The Morgan fingerprint density at radius 2 is 1.83 bits per heavy atom. The molecule has 1 nitrogen and oxygen atoms in total. The zero-order valence-electron chi connectivity index (χ0n) is 6.13. The van der Waals surface area contributed by atoms with E-state index in [2.05, 4.69) is 0 Å². The van der Waals surface area contributed by atoms with E-state index in [1.54, 1.807) is 24.3 Å². The van der Waals surface area contributed by atoms with Crippen molar-refractivity contribution in [2.24, 2.45) is 0 Å². The zero-order chi connectivity index (χ0) is 8.97. The number of hydrogen-bond acceptors (Lipinski definition) is 1. The number of rotatable bonds is 2. The van der Waals surface area contributed by atoms with Gasteiger partial charge in [-0.15, -0.1) is 0 Å². The molecule has 1 aromatic carbocycles. The van der Waals surface area contributed by atoms with Crippen LogP contribution in [0.2, 0.25) is 5.02 Å². The smallest absolute Gasteiger partial charge is 0.186 e. The number of halogens is 2. The van der Waals surface area contributed by atoms with Crippen LogP contribution in [0.4, 0.5) is 0 Å². The van der Waals surface area contributed by atoms with Crippen molar-refractivity contribution in [3.63, 3.8) is 0 Å². The second-order valence-electron chi connectivity index (χ2n) is 2.16. The molecule has 0 aliphatic rings. The molecule has 0 fully saturated rings. The van der Waals surface area contributed by atoms with Crippen LogP contribution in [-0.4, -0.2) is 5.78 Å². The van der Waals surface area contributed by atoms with E-state index < -0.39 is 0 Å². The van der Waals surface area contributed by atoms with Crippen LogP contribution in [0.5, 0.6) is 0 Å². The minimum absolute atomic E-state index is 0.123. The van der Waals surface area contributed by atoms with E-state index in [-0.39, 0.29) is 5.78 Å². The van der Waals surface area contributed by atoms with Gasteiger partial charge in [0.05, 0.1) is 0 Å². The second-order valence-corrected chi connectivity index (χ2v) is 2.85. The third-order valence-electron chi connectivity index (χ3n) is 1.34. The molecule has 0 radical (unpaired) electrons. The van der Waals surface area contributed by atoms with Crippen molar-refractivity contribution in [1.29, 1.82) is 0 Å². The Hall–Kier alpha value is -0.790. The lowest BCUT2D eigenvalue weighted by Crippen LogP contribution is -1.92. The Bertz CT molecular complexity index is 301. The van der Waals surface area contributed by atoms with Gasteiger partial charge in [-0.1, -0.05) is 23.2 Å². The normalized spacial score (nSPS) is 10.5. The highest BCUT2D eigenvalue weighted by molar-refractivity contribution is 6.30. The molecule has 0 aliphatic heterocycles. The molecular formula is C9H6Cl2O. The molecule has 12 heavy (non-hydrogen) atoms. The standard InChI is InChI=1S/C9H6Cl2O/c10-6-5-9(12)7-1-3-8(11)4-2-7/h1-6H. The average Bonchev–Trinajstić information content (AvgIpc) is 2.06. The molecule has 0 saturated carbocycles. The molecule has 0 atom stereocenters. The van der Waals surface area contributed by atoms with Crippen LogP contribution in [0.3, 0.4) is 0 Å². The van der Waals surface area contributed by atoms with Gasteiger partial charge in [0.2, 0.25) is 0 Å². The number of hydrogen-bond donors (Lipinski definition) is 0. The number of carbonyl (C=O) groups is 1. The van der Waals surface area contributed by atoms with Gasteiger partial charge in [-0.2, -0.15) is 0 Å². The molecule has 0 saturated heterocycles. The predicted molar refractivity (Wildman–Crippen MR) is 50.8 cm³/mol. The van der Waals surface area contributed by atoms with Crippen molar-refractivity contribution in [1.82, 2.24) is 0 Å². The first-order valence-electron chi connectivity index (χ1n) is 3.30. The third-order valence-corrected chi connectivity index (χ3v) is 1.72. The van der Waals surface area contributed by atoms with Gasteiger partial charge in [0.1, 0.15) is 0 Å². The van der Waals surface area contributed by atoms with Crippen LogP contribution in [0, 0.1) is 0 Å². The van der Waals surface area contributed by atoms with Crippen LogP contribution in [0.15, 0.2) is 35.9 Å². The highest BCUT2D eigenvalue weighted by Gasteiger charge is 1.99. The molecule has 0 spiro atoms. The first-order valence-corrected chi connectivity index (χ1v) is 4.12. The van der Waals surface area contributed by atoms with E-state index in [1.165, 1.54) is 11.6 Å². The maximum atomic E-state index is 11.1. The number of allylic oxidation sites excluding steroid dienone is 1. The maximum absolute atomic E-state index is 11.1. The Balaban J connectivity index is 2.90. The van der Waals surface area contributed by atoms with Crippen molar-refractivity contribution < 1.29 is 4.79 Å². The number of ketones is 1. The molecule has 0 heterocycles. The lowest BCUT2D eigenvalue weighted by atomic mass is 10.1. The monoisotopic (exact) mass is 200 g/mol. The lowest BCUT2D eigenvalue weighted by molar-refractivity contribution is 0.104. The Labute approximate surface area is 80.6 Å². The van der Waals surface area contributed by atoms with Gasteiger partial charge < -0.3 is 0 Å². The van der Waals surface area contributed by atoms with E-state index in [0.29, 0.717) is 10.6 Å². The fourth-order valence-corrected chi connectivity index (χ4v) is 1.01. The molecule has 1 rings (SSSR count). The Kier molecular flexibility index (Phi) is 3.32. The van der Waals surface area contributed by atoms with Crippen molar-refractivity contribution in [2.75, 3.05) is 0 Å². The SMILES string of the molecule is O=C(C=CCl)c1ccc(Cl)cc1. The van der Waals surface area contributed by atoms with Gasteiger partial charge >= 0.3 is 0 Å². The van der Waals surface area contributed by atoms with E-state index >= 15 is 0 Å². The molecule has 62 valence electrons. The molecule has 0 amide bonds. The molecule has 3 heteroatoms. The summed E-state index contributed by atoms with van der Waals surface area (Å²) < 4.78 is 0. The van der Waals surface area contributed by atoms with E-state index in [9.17, 15) is 4.79 Å². The lowest BCUT2D eigenvalue weighted by Gasteiger charge is -1.94. The van der Waals surface area contributed by atoms with Crippen LogP contribution >= 0.6 is 23.2 Å². The van der Waals surface area contributed by atoms with Gasteiger partial charge in [0, 0.05) is 16.1 Å². The number of benzene rings is 1. The highest BCUT2D eigenvalue weighted by atomic mass is 35.5. The van der Waals surface area contributed by atoms with E-state index in [4.69, 9.17) is 23.2 Å². The van der Waals surface area contributed by atoms with Gasteiger partial charge in [-0.25, -0.2) is 0 Å². The van der Waals surface area contributed by atoms with Crippen LogP contribution in [-0.2, 0) is 0 Å². The quantitative estimate of drug-likeness (QED) is 0.530. The minimum Gasteiger partial charge on any atom is -0.289 e. The summed E-state index contributed by atoms with van der Waals surface area (Å²) in [4.78, 5) is 11.1. The van der Waals surface area contributed by atoms with E-state index in [0.717, 1.165) is 0 Å². The fraction of sp³-hybridized carbons (Fsp3) is 0. The van der Waals surface area contributed by atoms with E-state index in [1.807, 2.05) is 0 Å². The summed E-state index contributed by atoms with van der Waals surface area (Å²) in [6, 6.07) is 6.64. The molecular weight excluding hydrogens is 195 g/mol. The Morgan fingerprint density at radius 3 is 2.33 bits per heavy atom. The van der Waals surface area contributed by atoms with Gasteiger partial charge in [0.25, 0.3) is 0 Å². The van der Waals surface area contributed by atoms with Gasteiger partial charge in [-0.05, 0) is 30.3 Å². The van der Waals surface area contributed by atoms with Gasteiger partial charge in [-0.3, -0.25) is 4.79 Å². The third kappa shape index (κ3) is 2.36. The second kappa shape index (κ2) is 4.29. The topological polar surface area (TPSA) is 17.1 Å². The van der Waals surface area contributed by atoms with Crippen LogP contribution in [0.25, 0.3) is 0 Å². The largest absolute Gasteiger partial charge is 0.289 e. The molecule has 0 bridgehead atoms. The summed E-state index contributed by atoms with van der Waals surface area (Å²) in [5, 5.41) is 0.612. The molecule has 0 N–H and O–H groups in total. The molecule has 0 aromatic heterocycles. The fourth-order valence-electron chi connectivity index (χ4n) is 0.768. The van der Waals surface area contributed by atoms with Crippen molar-refractivity contribution in [3.05, 3.63) is 46.5 Å². The minimum atomic E-state index is -0.123. The summed E-state index contributed by atoms with van der Waals surface area (Å²) in [6.45, 7) is 0. The first kappa shape index (κ1) is 9.30. The average molecular weight is 201 g/mol. The zero-order valence-corrected chi connectivity index (χ0v) is 7.64. The number of carbonyl (C=O) groups excluding carboxylic acids is 1. The first-order chi connectivity index (χ1) is 5.74. The summed E-state index contributed by atoms with van der Waals surface area (Å²) >= 11 is 10.9. The van der Waals surface area contributed by atoms with Gasteiger partial charge in [0.15, 0.2) is 5.78 Å². The summed E-state index contributed by atoms with van der Waals surface area (Å²) in [7, 11) is 0. The molecule has 0 aliphatic carbocycles. The summed E-state index contributed by atoms with van der Waals surface area (Å²) in [5.41, 5.74) is 1.77. The molecule has 1 aromatic rings. The predicted octanol–water partition coefficient (Wildman–Crippen LogP) is 3.28. The van der Waals surface area contributed by atoms with Crippen LogP contribution in [0.1, 0.15) is 10.4 Å². The van der Waals surface area contributed by atoms with Crippen molar-refractivity contribution >= 4 is 29.0 Å². The Morgan fingerprint density at radius 1 is 1.25 bits per heavy atom. The maximum Gasteiger partial charge on any atom is 0.186 e. The summed E-state index contributed by atoms with van der Waals surface area (Å²) in [5.74, 6) is -0.123. The highest BCUT2D eigenvalue weighted by Crippen LogP contribution is 2.10. The van der Waals surface area contributed by atoms with Crippen molar-refractivity contribution in [3.8, 4) is 0 Å².